The minimum absolute atomic E-state index is 0.0920. The molecule has 0 atom stereocenters. The molecule has 1 aromatic heterocycles. The minimum Gasteiger partial charge on any atom is -0.460 e. The smallest absolute Gasteiger partial charge is 0.315 e. The van der Waals surface area contributed by atoms with Gasteiger partial charge in [-0.1, -0.05) is 11.8 Å². The van der Waals surface area contributed by atoms with Crippen molar-refractivity contribution < 1.29 is 19.1 Å². The number of thiazole rings is 1. The van der Waals surface area contributed by atoms with Crippen LogP contribution in [0.1, 0.15) is 41.0 Å². The lowest BCUT2D eigenvalue weighted by Crippen LogP contribution is -2.31. The number of anilines is 1. The lowest BCUT2D eigenvalue weighted by Gasteiger charge is -2.19. The van der Waals surface area contributed by atoms with E-state index in [0.717, 1.165) is 14.6 Å². The number of hydrogen-bond acceptors (Lipinski definition) is 7. The first-order chi connectivity index (χ1) is 13.6. The number of carbonyl (C=O) groups is 3. The van der Waals surface area contributed by atoms with E-state index in [-0.39, 0.29) is 12.3 Å². The standard InChI is InChI=1S/C20H27N3O4S2/c1-6-23(7-2)17(25)12-28-19-22-14-9-8-13(10-15(14)29-19)21-16(24)11-18(26)27-20(3,4)5/h8-10H,6-7,11-12H2,1-5H3,(H,21,24). The maximum absolute atomic E-state index is 12.1. The van der Waals surface area contributed by atoms with Gasteiger partial charge in [-0.15, -0.1) is 11.3 Å². The van der Waals surface area contributed by atoms with E-state index >= 15 is 0 Å². The summed E-state index contributed by atoms with van der Waals surface area (Å²) in [7, 11) is 0. The fraction of sp³-hybridized carbons (Fsp3) is 0.500. The highest BCUT2D eigenvalue weighted by Gasteiger charge is 2.19. The molecule has 0 spiro atoms. The van der Waals surface area contributed by atoms with E-state index in [1.165, 1.54) is 23.1 Å². The molecule has 0 aliphatic rings. The van der Waals surface area contributed by atoms with Gasteiger partial charge >= 0.3 is 5.97 Å². The Balaban J connectivity index is 1.97. The Bertz CT molecular complexity index is 885. The van der Waals surface area contributed by atoms with Gasteiger partial charge in [-0.2, -0.15) is 0 Å². The topological polar surface area (TPSA) is 88.6 Å². The molecule has 158 valence electrons. The van der Waals surface area contributed by atoms with Crippen LogP contribution >= 0.6 is 23.1 Å². The van der Waals surface area contributed by atoms with Crippen molar-refractivity contribution in [3.05, 3.63) is 18.2 Å². The zero-order valence-corrected chi connectivity index (χ0v) is 19.0. The molecule has 7 nitrogen and oxygen atoms in total. The van der Waals surface area contributed by atoms with E-state index in [0.29, 0.717) is 24.5 Å². The Morgan fingerprint density at radius 3 is 2.52 bits per heavy atom. The largest absolute Gasteiger partial charge is 0.460 e. The van der Waals surface area contributed by atoms with Crippen molar-refractivity contribution in [2.24, 2.45) is 0 Å². The fourth-order valence-corrected chi connectivity index (χ4v) is 4.56. The average Bonchev–Trinajstić information content (AvgIpc) is 3.01. The van der Waals surface area contributed by atoms with Crippen LogP contribution in [0.2, 0.25) is 0 Å². The summed E-state index contributed by atoms with van der Waals surface area (Å²) in [5.74, 6) is -0.552. The number of nitrogens with zero attached hydrogens (tertiary/aromatic N) is 2. The summed E-state index contributed by atoms with van der Waals surface area (Å²) < 4.78 is 6.86. The molecule has 0 saturated heterocycles. The van der Waals surface area contributed by atoms with Gasteiger partial charge in [-0.25, -0.2) is 4.98 Å². The molecule has 2 aromatic rings. The predicted octanol–water partition coefficient (Wildman–Crippen LogP) is 3.93. The molecule has 0 fully saturated rings. The molecule has 9 heteroatoms. The van der Waals surface area contributed by atoms with Crippen LogP contribution in [0.15, 0.2) is 22.5 Å². The van der Waals surface area contributed by atoms with Gasteiger partial charge in [-0.3, -0.25) is 14.4 Å². The third-order valence-electron chi connectivity index (χ3n) is 3.81. The molecule has 1 aromatic carbocycles. The zero-order chi connectivity index (χ0) is 21.6. The number of ether oxygens (including phenoxy) is 1. The van der Waals surface area contributed by atoms with Crippen LogP contribution in [0, 0.1) is 0 Å². The first-order valence-corrected chi connectivity index (χ1v) is 11.2. The first-order valence-electron chi connectivity index (χ1n) is 9.44. The Labute approximate surface area is 179 Å². The van der Waals surface area contributed by atoms with Crippen molar-refractivity contribution in [1.82, 2.24) is 9.88 Å². The number of amides is 2. The molecular formula is C20H27N3O4S2. The maximum atomic E-state index is 12.1. The fourth-order valence-electron chi connectivity index (χ4n) is 2.55. The summed E-state index contributed by atoms with van der Waals surface area (Å²) in [6.07, 6.45) is -0.341. The summed E-state index contributed by atoms with van der Waals surface area (Å²) in [4.78, 5) is 42.3. The number of aromatic nitrogens is 1. The number of carbonyl (C=O) groups excluding carboxylic acids is 3. The van der Waals surface area contributed by atoms with Crippen molar-refractivity contribution in [2.45, 2.75) is 51.0 Å². The third-order valence-corrected chi connectivity index (χ3v) is 5.96. The van der Waals surface area contributed by atoms with E-state index < -0.39 is 17.5 Å². The van der Waals surface area contributed by atoms with Crippen LogP contribution in [0.25, 0.3) is 10.2 Å². The zero-order valence-electron chi connectivity index (χ0n) is 17.4. The highest BCUT2D eigenvalue weighted by Crippen LogP contribution is 2.31. The summed E-state index contributed by atoms with van der Waals surface area (Å²) in [5.41, 5.74) is 0.767. The van der Waals surface area contributed by atoms with E-state index in [2.05, 4.69) is 10.3 Å². The normalized spacial score (nSPS) is 11.3. The van der Waals surface area contributed by atoms with Crippen LogP contribution in [0.5, 0.6) is 0 Å². The molecular weight excluding hydrogens is 410 g/mol. The molecule has 0 aliphatic heterocycles. The van der Waals surface area contributed by atoms with Gasteiger partial charge in [0.05, 0.1) is 16.0 Å². The van der Waals surface area contributed by atoms with E-state index in [9.17, 15) is 14.4 Å². The van der Waals surface area contributed by atoms with Crippen LogP contribution in [0.3, 0.4) is 0 Å². The van der Waals surface area contributed by atoms with Crippen molar-refractivity contribution in [2.75, 3.05) is 24.2 Å². The first kappa shape index (κ1) is 23.2. The average molecular weight is 438 g/mol. The summed E-state index contributed by atoms with van der Waals surface area (Å²) in [5, 5.41) is 2.71. The predicted molar refractivity (Wildman–Crippen MR) is 117 cm³/mol. The third kappa shape index (κ3) is 7.32. The molecule has 2 rings (SSSR count). The van der Waals surface area contributed by atoms with Gasteiger partial charge in [0.15, 0.2) is 4.34 Å². The monoisotopic (exact) mass is 437 g/mol. The second kappa shape index (κ2) is 10.1. The Morgan fingerprint density at radius 2 is 1.90 bits per heavy atom. The SMILES string of the molecule is CCN(CC)C(=O)CSc1nc2ccc(NC(=O)CC(=O)OC(C)(C)C)cc2s1. The number of thioether (sulfide) groups is 1. The quantitative estimate of drug-likeness (QED) is 0.382. The molecule has 0 saturated carbocycles. The van der Waals surface area contributed by atoms with Gasteiger partial charge in [0.1, 0.15) is 12.0 Å². The van der Waals surface area contributed by atoms with Gasteiger partial charge in [0.25, 0.3) is 0 Å². The van der Waals surface area contributed by atoms with Gasteiger partial charge in [-0.05, 0) is 52.8 Å². The van der Waals surface area contributed by atoms with E-state index in [1.807, 2.05) is 26.0 Å². The number of rotatable bonds is 8. The highest BCUT2D eigenvalue weighted by atomic mass is 32.2. The molecule has 0 unspecified atom stereocenters. The lowest BCUT2D eigenvalue weighted by molar-refractivity contribution is -0.155. The number of esters is 1. The molecule has 0 radical (unpaired) electrons. The van der Waals surface area contributed by atoms with E-state index in [4.69, 9.17) is 4.74 Å². The van der Waals surface area contributed by atoms with Crippen LogP contribution in [-0.4, -0.2) is 52.1 Å². The highest BCUT2D eigenvalue weighted by molar-refractivity contribution is 8.01. The lowest BCUT2D eigenvalue weighted by atomic mass is 10.2. The minimum atomic E-state index is -0.625. The molecule has 2 amide bonds. The molecule has 1 heterocycles. The second-order valence-electron chi connectivity index (χ2n) is 7.33. The van der Waals surface area contributed by atoms with Gasteiger partial charge in [0.2, 0.25) is 11.8 Å². The summed E-state index contributed by atoms with van der Waals surface area (Å²) >= 11 is 2.88. The molecule has 0 aliphatic carbocycles. The summed E-state index contributed by atoms with van der Waals surface area (Å²) in [6.45, 7) is 10.6. The van der Waals surface area contributed by atoms with Gasteiger partial charge < -0.3 is 15.0 Å². The number of benzene rings is 1. The number of fused-ring (bicyclic) bond motifs is 1. The molecule has 29 heavy (non-hydrogen) atoms. The van der Waals surface area contributed by atoms with Crippen molar-refractivity contribution >= 4 is 56.8 Å². The van der Waals surface area contributed by atoms with Crippen molar-refractivity contribution in [1.29, 1.82) is 0 Å². The Hall–Kier alpha value is -2.13. The van der Waals surface area contributed by atoms with Gasteiger partial charge in [0, 0.05) is 18.8 Å². The van der Waals surface area contributed by atoms with Crippen molar-refractivity contribution in [3.63, 3.8) is 0 Å². The Kier molecular flexibility index (Phi) is 8.04. The van der Waals surface area contributed by atoms with Crippen LogP contribution < -0.4 is 5.32 Å². The second-order valence-corrected chi connectivity index (χ2v) is 9.58. The Morgan fingerprint density at radius 1 is 1.21 bits per heavy atom. The molecule has 0 bridgehead atoms. The summed E-state index contributed by atoms with van der Waals surface area (Å²) in [6, 6.07) is 5.37. The molecule has 1 N–H and O–H groups in total. The number of nitrogens with one attached hydrogen (secondary N) is 1. The van der Waals surface area contributed by atoms with Crippen molar-refractivity contribution in [3.8, 4) is 0 Å². The maximum Gasteiger partial charge on any atom is 0.315 e. The number of hydrogen-bond donors (Lipinski definition) is 1. The van der Waals surface area contributed by atoms with E-state index in [1.54, 1.807) is 31.7 Å². The van der Waals surface area contributed by atoms with Crippen LogP contribution in [0.4, 0.5) is 5.69 Å². The van der Waals surface area contributed by atoms with Crippen LogP contribution in [-0.2, 0) is 19.1 Å².